The van der Waals surface area contributed by atoms with Gasteiger partial charge in [0.25, 0.3) is 0 Å². The third kappa shape index (κ3) is 5.01. The van der Waals surface area contributed by atoms with E-state index in [1.54, 1.807) is 0 Å². The van der Waals surface area contributed by atoms with E-state index in [1.165, 1.54) is 16.8 Å². The maximum absolute atomic E-state index is 5.73. The van der Waals surface area contributed by atoms with Gasteiger partial charge in [0.05, 0.1) is 6.10 Å². The molecule has 1 N–H and O–H groups in total. The molecule has 1 unspecified atom stereocenters. The fourth-order valence-corrected chi connectivity index (χ4v) is 2.80. The average molecular weight is 290 g/mol. The molecule has 1 aliphatic rings. The monoisotopic (exact) mass is 290 g/mol. The Kier molecular flexibility index (Phi) is 6.07. The Morgan fingerprint density at radius 3 is 2.90 bits per heavy atom. The highest BCUT2D eigenvalue weighted by atomic mass is 16.5. The Bertz CT molecular complexity index is 445. The Balaban J connectivity index is 2.00. The van der Waals surface area contributed by atoms with Gasteiger partial charge in [0.2, 0.25) is 0 Å². The van der Waals surface area contributed by atoms with Crippen molar-refractivity contribution in [2.75, 3.05) is 31.1 Å². The molecule has 3 heteroatoms. The molecule has 0 spiro atoms. The van der Waals surface area contributed by atoms with Crippen molar-refractivity contribution in [1.82, 2.24) is 5.32 Å². The summed E-state index contributed by atoms with van der Waals surface area (Å²) in [5.74, 6) is 0.697. The molecule has 118 valence electrons. The predicted molar refractivity (Wildman–Crippen MR) is 90.0 cm³/mol. The van der Waals surface area contributed by atoms with E-state index in [9.17, 15) is 0 Å². The number of rotatable bonds is 5. The highest BCUT2D eigenvalue weighted by Gasteiger charge is 2.15. The number of hydrogen-bond acceptors (Lipinski definition) is 3. The van der Waals surface area contributed by atoms with Crippen LogP contribution in [0.15, 0.2) is 18.2 Å². The van der Waals surface area contributed by atoms with E-state index >= 15 is 0 Å². The van der Waals surface area contributed by atoms with Gasteiger partial charge < -0.3 is 15.0 Å². The number of ether oxygens (including phenoxy) is 1. The van der Waals surface area contributed by atoms with Crippen LogP contribution in [0.2, 0.25) is 0 Å². The van der Waals surface area contributed by atoms with Gasteiger partial charge in [-0.25, -0.2) is 0 Å². The largest absolute Gasteiger partial charge is 0.377 e. The zero-order valence-electron chi connectivity index (χ0n) is 14.0. The van der Waals surface area contributed by atoms with Gasteiger partial charge in [0.1, 0.15) is 0 Å². The molecule has 21 heavy (non-hydrogen) atoms. The van der Waals surface area contributed by atoms with Gasteiger partial charge in [-0.05, 0) is 56.0 Å². The molecule has 1 saturated heterocycles. The van der Waals surface area contributed by atoms with E-state index in [4.69, 9.17) is 4.74 Å². The summed E-state index contributed by atoms with van der Waals surface area (Å²) in [5.41, 5.74) is 4.11. The highest BCUT2D eigenvalue weighted by molar-refractivity contribution is 5.51. The quantitative estimate of drug-likeness (QED) is 0.900. The topological polar surface area (TPSA) is 24.5 Å². The number of nitrogens with zero attached hydrogens (tertiary/aromatic N) is 1. The van der Waals surface area contributed by atoms with Gasteiger partial charge in [-0.15, -0.1) is 0 Å². The second kappa shape index (κ2) is 7.81. The van der Waals surface area contributed by atoms with Crippen molar-refractivity contribution >= 4 is 5.69 Å². The first-order valence-corrected chi connectivity index (χ1v) is 8.23. The zero-order valence-corrected chi connectivity index (χ0v) is 14.0. The molecule has 1 aromatic carbocycles. The Morgan fingerprint density at radius 1 is 1.38 bits per heavy atom. The molecule has 0 aromatic heterocycles. The third-order valence-electron chi connectivity index (χ3n) is 4.01. The first-order valence-electron chi connectivity index (χ1n) is 8.23. The number of hydrogen-bond donors (Lipinski definition) is 1. The van der Waals surface area contributed by atoms with Crippen molar-refractivity contribution in [3.8, 4) is 0 Å². The van der Waals surface area contributed by atoms with Crippen molar-refractivity contribution in [2.24, 2.45) is 5.92 Å². The second-order valence-corrected chi connectivity index (χ2v) is 6.62. The molecule has 3 nitrogen and oxygen atoms in total. The normalized spacial score (nSPS) is 19.9. The molecule has 0 radical (unpaired) electrons. The molecule has 1 aromatic rings. The standard InChI is InChI=1S/C18H30N2O/c1-14(2)11-19-12-17-6-7-18(10-15(17)3)20-8-5-9-21-16(4)13-20/h6-7,10,14,16,19H,5,8-9,11-13H2,1-4H3. The maximum Gasteiger partial charge on any atom is 0.0721 e. The predicted octanol–water partition coefficient (Wildman–Crippen LogP) is 3.36. The van der Waals surface area contributed by atoms with Crippen LogP contribution in [-0.2, 0) is 11.3 Å². The molecule has 1 fully saturated rings. The number of aryl methyl sites for hydroxylation is 1. The fourth-order valence-electron chi connectivity index (χ4n) is 2.80. The summed E-state index contributed by atoms with van der Waals surface area (Å²) in [7, 11) is 0. The van der Waals surface area contributed by atoms with E-state index in [2.05, 4.69) is 56.1 Å². The van der Waals surface area contributed by atoms with Crippen molar-refractivity contribution in [3.63, 3.8) is 0 Å². The summed E-state index contributed by atoms with van der Waals surface area (Å²) in [6, 6.07) is 6.86. The summed E-state index contributed by atoms with van der Waals surface area (Å²) >= 11 is 0. The minimum atomic E-state index is 0.320. The van der Waals surface area contributed by atoms with Crippen LogP contribution in [0.5, 0.6) is 0 Å². The molecule has 1 aliphatic heterocycles. The number of nitrogens with one attached hydrogen (secondary N) is 1. The fraction of sp³-hybridized carbons (Fsp3) is 0.667. The van der Waals surface area contributed by atoms with Gasteiger partial charge in [-0.1, -0.05) is 19.9 Å². The van der Waals surface area contributed by atoms with Crippen molar-refractivity contribution in [1.29, 1.82) is 0 Å². The van der Waals surface area contributed by atoms with Gasteiger partial charge >= 0.3 is 0 Å². The van der Waals surface area contributed by atoms with E-state index in [0.29, 0.717) is 12.0 Å². The smallest absolute Gasteiger partial charge is 0.0721 e. The SMILES string of the molecule is Cc1cc(N2CCCOC(C)C2)ccc1CNCC(C)C. The summed E-state index contributed by atoms with van der Waals surface area (Å²) in [5, 5.41) is 3.52. The molecule has 1 atom stereocenters. The molecule has 1 heterocycles. The number of anilines is 1. The first kappa shape index (κ1) is 16.3. The third-order valence-corrected chi connectivity index (χ3v) is 4.01. The van der Waals surface area contributed by atoms with E-state index in [0.717, 1.165) is 39.2 Å². The molecule has 0 bridgehead atoms. The van der Waals surface area contributed by atoms with Crippen LogP contribution in [0.1, 0.15) is 38.3 Å². The maximum atomic E-state index is 5.73. The minimum absolute atomic E-state index is 0.320. The zero-order chi connectivity index (χ0) is 15.2. The van der Waals surface area contributed by atoms with Crippen LogP contribution < -0.4 is 10.2 Å². The van der Waals surface area contributed by atoms with E-state index in [1.807, 2.05) is 0 Å². The van der Waals surface area contributed by atoms with E-state index in [-0.39, 0.29) is 0 Å². The van der Waals surface area contributed by atoms with Gasteiger partial charge in [-0.2, -0.15) is 0 Å². The molecular weight excluding hydrogens is 260 g/mol. The lowest BCUT2D eigenvalue weighted by molar-refractivity contribution is 0.0821. The van der Waals surface area contributed by atoms with Gasteiger partial charge in [-0.3, -0.25) is 0 Å². The van der Waals surface area contributed by atoms with Crippen LogP contribution >= 0.6 is 0 Å². The molecule has 0 saturated carbocycles. The highest BCUT2D eigenvalue weighted by Crippen LogP contribution is 2.21. The molecule has 2 rings (SSSR count). The van der Waals surface area contributed by atoms with Crippen LogP contribution in [0.25, 0.3) is 0 Å². The minimum Gasteiger partial charge on any atom is -0.377 e. The Hall–Kier alpha value is -1.06. The Labute approximate surface area is 129 Å². The Morgan fingerprint density at radius 2 is 2.19 bits per heavy atom. The summed E-state index contributed by atoms with van der Waals surface area (Å²) in [6.07, 6.45) is 1.43. The lowest BCUT2D eigenvalue weighted by Crippen LogP contribution is -2.30. The average Bonchev–Trinajstić information content (AvgIpc) is 2.65. The summed E-state index contributed by atoms with van der Waals surface area (Å²) < 4.78 is 5.73. The van der Waals surface area contributed by atoms with Crippen LogP contribution in [0.3, 0.4) is 0 Å². The second-order valence-electron chi connectivity index (χ2n) is 6.62. The summed E-state index contributed by atoms with van der Waals surface area (Å²) in [6.45, 7) is 13.9. The first-order chi connectivity index (χ1) is 10.1. The molecular formula is C18H30N2O. The van der Waals surface area contributed by atoms with Crippen LogP contribution in [-0.4, -0.2) is 32.3 Å². The lowest BCUT2D eigenvalue weighted by Gasteiger charge is -2.25. The van der Waals surface area contributed by atoms with E-state index < -0.39 is 0 Å². The van der Waals surface area contributed by atoms with Gasteiger partial charge in [0, 0.05) is 31.9 Å². The molecule has 0 aliphatic carbocycles. The number of benzene rings is 1. The van der Waals surface area contributed by atoms with Crippen molar-refractivity contribution < 1.29 is 4.74 Å². The van der Waals surface area contributed by atoms with Crippen LogP contribution in [0.4, 0.5) is 5.69 Å². The van der Waals surface area contributed by atoms with Crippen molar-refractivity contribution in [3.05, 3.63) is 29.3 Å². The lowest BCUT2D eigenvalue weighted by atomic mass is 10.1. The van der Waals surface area contributed by atoms with Crippen molar-refractivity contribution in [2.45, 2.75) is 46.8 Å². The van der Waals surface area contributed by atoms with Gasteiger partial charge in [0.15, 0.2) is 0 Å². The molecule has 0 amide bonds. The van der Waals surface area contributed by atoms with Crippen LogP contribution in [0, 0.1) is 12.8 Å². The summed E-state index contributed by atoms with van der Waals surface area (Å²) in [4.78, 5) is 2.45.